The number of aryl methyl sites for hydroxylation is 1. The van der Waals surface area contributed by atoms with Crippen LogP contribution in [0.25, 0.3) is 11.0 Å². The van der Waals surface area contributed by atoms with Gasteiger partial charge in [-0.25, -0.2) is 18.3 Å². The number of imidazole rings is 1. The number of rotatable bonds is 7. The predicted octanol–water partition coefficient (Wildman–Crippen LogP) is 1.89. The lowest BCUT2D eigenvalue weighted by atomic mass is 9.98. The van der Waals surface area contributed by atoms with Crippen LogP contribution in [0.1, 0.15) is 44.7 Å². The zero-order valence-electron chi connectivity index (χ0n) is 15.1. The molecular formula is C17H27N5O3S. The second-order valence-electron chi connectivity index (χ2n) is 6.99. The third-order valence-corrected chi connectivity index (χ3v) is 5.93. The van der Waals surface area contributed by atoms with Crippen LogP contribution in [-0.4, -0.2) is 40.7 Å². The molecule has 0 radical (unpaired) electrons. The average Bonchev–Trinajstić information content (AvgIpc) is 2.92. The molecule has 2 aromatic rings. The van der Waals surface area contributed by atoms with Crippen molar-refractivity contribution in [2.45, 2.75) is 52.0 Å². The third-order valence-electron chi connectivity index (χ3n) is 5.12. The quantitative estimate of drug-likeness (QED) is 0.500. The van der Waals surface area contributed by atoms with E-state index in [1.54, 1.807) is 8.87 Å². The minimum Gasteiger partial charge on any atom is -0.382 e. The maximum Gasteiger partial charge on any atom is 0.326 e. The molecule has 1 unspecified atom stereocenters. The van der Waals surface area contributed by atoms with Crippen molar-refractivity contribution < 1.29 is 8.76 Å². The van der Waals surface area contributed by atoms with Crippen LogP contribution in [-0.2, 0) is 24.2 Å². The molecule has 1 saturated heterocycles. The number of unbranched alkanes of at least 4 members (excludes halogenated alkanes) is 2. The van der Waals surface area contributed by atoms with Gasteiger partial charge in [-0.05, 0) is 37.7 Å². The van der Waals surface area contributed by atoms with Crippen molar-refractivity contribution in [3.8, 4) is 0 Å². The highest BCUT2D eigenvalue weighted by molar-refractivity contribution is 7.76. The van der Waals surface area contributed by atoms with Crippen molar-refractivity contribution >= 4 is 28.1 Å². The normalized spacial score (nSPS) is 17.8. The van der Waals surface area contributed by atoms with E-state index in [9.17, 15) is 13.6 Å². The van der Waals surface area contributed by atoms with E-state index in [0.29, 0.717) is 36.9 Å². The summed E-state index contributed by atoms with van der Waals surface area (Å²) < 4.78 is 23.6. The molecule has 26 heavy (non-hydrogen) atoms. The number of nitrogens with two attached hydrogens (primary N) is 1. The van der Waals surface area contributed by atoms with Crippen molar-refractivity contribution in [2.75, 3.05) is 18.8 Å². The van der Waals surface area contributed by atoms with E-state index >= 15 is 0 Å². The molecule has 0 saturated carbocycles. The van der Waals surface area contributed by atoms with Crippen molar-refractivity contribution in [1.29, 1.82) is 0 Å². The van der Waals surface area contributed by atoms with Crippen molar-refractivity contribution in [3.63, 3.8) is 0 Å². The zero-order chi connectivity index (χ0) is 18.7. The Morgan fingerprint density at radius 2 is 2.12 bits per heavy atom. The standard InChI is InChI=1S/C17H27N5O3S/c1-2-3-4-5-13-10-14-15(16(18)19-13)20-17(23)22(14)11-12-6-8-21(9-7-12)26(24)25/h10,12H,2-9,11H2,1H3,(H2,18,19)(H,20,23)(H,24,25). The average molecular weight is 382 g/mol. The SMILES string of the molecule is CCCCCc1cc2c([nH]c(=O)n2CC2CCN(S(=O)O)CC2)c(N)n1. The number of fused-ring (bicyclic) bond motifs is 1. The van der Waals surface area contributed by atoms with Crippen molar-refractivity contribution in [3.05, 3.63) is 22.2 Å². The van der Waals surface area contributed by atoms with Gasteiger partial charge in [-0.3, -0.25) is 9.12 Å². The number of aromatic nitrogens is 3. The molecule has 8 nitrogen and oxygen atoms in total. The van der Waals surface area contributed by atoms with Gasteiger partial charge in [0.05, 0.1) is 5.52 Å². The number of piperidine rings is 1. The molecule has 3 heterocycles. The van der Waals surface area contributed by atoms with Gasteiger partial charge in [-0.1, -0.05) is 19.8 Å². The topological polar surface area (TPSA) is 117 Å². The maximum atomic E-state index is 12.4. The predicted molar refractivity (Wildman–Crippen MR) is 103 cm³/mol. The number of hydrogen-bond donors (Lipinski definition) is 3. The van der Waals surface area contributed by atoms with E-state index in [2.05, 4.69) is 16.9 Å². The molecule has 2 aromatic heterocycles. The van der Waals surface area contributed by atoms with Crippen LogP contribution >= 0.6 is 0 Å². The molecule has 0 amide bonds. The summed E-state index contributed by atoms with van der Waals surface area (Å²) in [4.78, 5) is 19.7. The Labute approximate surface area is 155 Å². The number of aromatic amines is 1. The molecule has 1 aliphatic rings. The number of H-pyrrole nitrogens is 1. The summed E-state index contributed by atoms with van der Waals surface area (Å²) in [7, 11) is 0. The van der Waals surface area contributed by atoms with Crippen LogP contribution in [0.2, 0.25) is 0 Å². The van der Waals surface area contributed by atoms with Crippen LogP contribution in [0.15, 0.2) is 10.9 Å². The lowest BCUT2D eigenvalue weighted by molar-refractivity contribution is 0.250. The molecule has 1 aliphatic heterocycles. The van der Waals surface area contributed by atoms with Gasteiger partial charge in [0.25, 0.3) is 0 Å². The molecule has 4 N–H and O–H groups in total. The first kappa shape index (κ1) is 19.1. The summed E-state index contributed by atoms with van der Waals surface area (Å²) in [6, 6.07) is 1.97. The summed E-state index contributed by atoms with van der Waals surface area (Å²) in [6.07, 6.45) is 5.77. The summed E-state index contributed by atoms with van der Waals surface area (Å²) in [5, 5.41) is 0. The monoisotopic (exact) mass is 381 g/mol. The van der Waals surface area contributed by atoms with Crippen LogP contribution in [0.3, 0.4) is 0 Å². The molecule has 3 rings (SSSR count). The lowest BCUT2D eigenvalue weighted by Gasteiger charge is -2.28. The Balaban J connectivity index is 1.80. The molecular weight excluding hydrogens is 354 g/mol. The van der Waals surface area contributed by atoms with Crippen LogP contribution in [0.5, 0.6) is 0 Å². The Bertz CT molecular complexity index is 839. The first-order chi connectivity index (χ1) is 12.5. The fourth-order valence-electron chi connectivity index (χ4n) is 3.60. The van der Waals surface area contributed by atoms with Crippen LogP contribution < -0.4 is 11.4 Å². The number of nitrogens with one attached hydrogen (secondary N) is 1. The summed E-state index contributed by atoms with van der Waals surface area (Å²) in [5.74, 6) is 0.666. The highest BCUT2D eigenvalue weighted by Crippen LogP contribution is 2.23. The molecule has 0 aromatic carbocycles. The summed E-state index contributed by atoms with van der Waals surface area (Å²) in [6.45, 7) is 3.88. The number of nitrogen functional groups attached to an aromatic ring is 1. The number of anilines is 1. The largest absolute Gasteiger partial charge is 0.382 e. The van der Waals surface area contributed by atoms with Crippen LogP contribution in [0, 0.1) is 5.92 Å². The third kappa shape index (κ3) is 4.16. The molecule has 144 valence electrons. The second-order valence-corrected chi connectivity index (χ2v) is 7.97. The van der Waals surface area contributed by atoms with Gasteiger partial charge in [0.15, 0.2) is 0 Å². The highest BCUT2D eigenvalue weighted by Gasteiger charge is 2.24. The van der Waals surface area contributed by atoms with E-state index < -0.39 is 11.3 Å². The lowest BCUT2D eigenvalue weighted by Crippen LogP contribution is -2.36. The summed E-state index contributed by atoms with van der Waals surface area (Å²) >= 11 is -1.91. The van der Waals surface area contributed by atoms with E-state index in [0.717, 1.165) is 49.7 Å². The number of pyridine rings is 1. The smallest absolute Gasteiger partial charge is 0.326 e. The van der Waals surface area contributed by atoms with Crippen molar-refractivity contribution in [1.82, 2.24) is 18.8 Å². The maximum absolute atomic E-state index is 12.4. The minimum atomic E-state index is -1.91. The zero-order valence-corrected chi connectivity index (χ0v) is 15.9. The minimum absolute atomic E-state index is 0.174. The number of hydrogen-bond acceptors (Lipinski definition) is 4. The van der Waals surface area contributed by atoms with Gasteiger partial charge in [-0.15, -0.1) is 0 Å². The molecule has 1 atom stereocenters. The first-order valence-electron chi connectivity index (χ1n) is 9.23. The summed E-state index contributed by atoms with van der Waals surface area (Å²) in [5.41, 5.74) is 8.22. The van der Waals surface area contributed by atoms with Gasteiger partial charge < -0.3 is 10.7 Å². The van der Waals surface area contributed by atoms with Gasteiger partial charge in [0.1, 0.15) is 11.3 Å². The molecule has 0 bridgehead atoms. The second kappa shape index (κ2) is 8.32. The van der Waals surface area contributed by atoms with Gasteiger partial charge >= 0.3 is 5.69 Å². The molecule has 1 fully saturated rings. The fraction of sp³-hybridized carbons (Fsp3) is 0.647. The highest BCUT2D eigenvalue weighted by atomic mass is 32.2. The Hall–Kier alpha value is -1.71. The van der Waals surface area contributed by atoms with E-state index in [-0.39, 0.29) is 5.69 Å². The van der Waals surface area contributed by atoms with E-state index in [4.69, 9.17) is 5.73 Å². The Kier molecular flexibility index (Phi) is 6.10. The fourth-order valence-corrected chi connectivity index (χ4v) is 4.12. The van der Waals surface area contributed by atoms with E-state index in [1.165, 1.54) is 0 Å². The van der Waals surface area contributed by atoms with E-state index in [1.807, 2.05) is 6.07 Å². The molecule has 0 aliphatic carbocycles. The Morgan fingerprint density at radius 3 is 2.77 bits per heavy atom. The molecule has 0 spiro atoms. The number of nitrogens with zero attached hydrogens (tertiary/aromatic N) is 3. The molecule has 9 heteroatoms. The Morgan fingerprint density at radius 1 is 1.38 bits per heavy atom. The van der Waals surface area contributed by atoms with Crippen LogP contribution in [0.4, 0.5) is 5.82 Å². The first-order valence-corrected chi connectivity index (χ1v) is 10.3. The van der Waals surface area contributed by atoms with Gasteiger partial charge in [0, 0.05) is 25.3 Å². The van der Waals surface area contributed by atoms with Gasteiger partial charge in [-0.2, -0.15) is 0 Å². The van der Waals surface area contributed by atoms with Crippen molar-refractivity contribution in [2.24, 2.45) is 5.92 Å². The van der Waals surface area contributed by atoms with Gasteiger partial charge in [0.2, 0.25) is 11.3 Å².